The van der Waals surface area contributed by atoms with E-state index in [4.69, 9.17) is 11.6 Å². The third-order valence-electron chi connectivity index (χ3n) is 3.35. The molecule has 0 bridgehead atoms. The minimum atomic E-state index is -0.341. The summed E-state index contributed by atoms with van der Waals surface area (Å²) in [6, 6.07) is 4.31. The molecule has 3 rings (SSSR count). The number of nitrogens with one attached hydrogen (secondary N) is 1. The molecule has 22 heavy (non-hydrogen) atoms. The van der Waals surface area contributed by atoms with Crippen LogP contribution >= 0.6 is 22.9 Å². The summed E-state index contributed by atoms with van der Waals surface area (Å²) in [5.41, 5.74) is 0. The normalized spacial score (nSPS) is 11.0. The fourth-order valence-corrected chi connectivity index (χ4v) is 3.65. The predicted octanol–water partition coefficient (Wildman–Crippen LogP) is 3.40. The van der Waals surface area contributed by atoms with E-state index in [1.807, 2.05) is 17.8 Å². The molecule has 0 radical (unpaired) electrons. The Morgan fingerprint density at radius 1 is 1.50 bits per heavy atom. The Morgan fingerprint density at radius 2 is 2.32 bits per heavy atom. The van der Waals surface area contributed by atoms with E-state index in [9.17, 15) is 9.18 Å². The lowest BCUT2D eigenvalue weighted by Crippen LogP contribution is -2.25. The number of benzene rings is 1. The summed E-state index contributed by atoms with van der Waals surface area (Å²) in [7, 11) is 1.90. The smallest absolute Gasteiger partial charge is 0.262 e. The summed E-state index contributed by atoms with van der Waals surface area (Å²) >= 11 is 7.41. The van der Waals surface area contributed by atoms with Crippen LogP contribution in [0, 0.1) is 5.82 Å². The van der Waals surface area contributed by atoms with Gasteiger partial charge >= 0.3 is 0 Å². The molecule has 1 aromatic carbocycles. The van der Waals surface area contributed by atoms with Crippen LogP contribution in [-0.4, -0.2) is 22.0 Å². The van der Waals surface area contributed by atoms with Gasteiger partial charge in [-0.25, -0.2) is 9.37 Å². The van der Waals surface area contributed by atoms with Gasteiger partial charge in [0, 0.05) is 42.5 Å². The van der Waals surface area contributed by atoms with E-state index in [2.05, 4.69) is 10.3 Å². The molecule has 0 fully saturated rings. The van der Waals surface area contributed by atoms with Crippen molar-refractivity contribution < 1.29 is 9.18 Å². The number of hydrogen-bond acceptors (Lipinski definition) is 3. The maximum atomic E-state index is 13.2. The zero-order valence-electron chi connectivity index (χ0n) is 11.8. The van der Waals surface area contributed by atoms with Gasteiger partial charge in [-0.2, -0.15) is 0 Å². The second-order valence-corrected chi connectivity index (χ2v) is 6.28. The number of thiophene rings is 1. The van der Waals surface area contributed by atoms with Crippen molar-refractivity contribution in [2.24, 2.45) is 7.05 Å². The van der Waals surface area contributed by atoms with Crippen LogP contribution in [0.3, 0.4) is 0 Å². The van der Waals surface area contributed by atoms with Crippen LogP contribution in [0.1, 0.15) is 15.5 Å². The first-order chi connectivity index (χ1) is 10.6. The molecule has 0 saturated carbocycles. The Kier molecular flexibility index (Phi) is 4.13. The van der Waals surface area contributed by atoms with Crippen molar-refractivity contribution in [2.45, 2.75) is 6.42 Å². The molecular formula is C15H13ClFN3OS. The van der Waals surface area contributed by atoms with Crippen molar-refractivity contribution in [2.75, 3.05) is 6.54 Å². The number of carbonyl (C=O) groups is 1. The number of halogens is 2. The maximum Gasteiger partial charge on any atom is 0.262 e. The molecule has 2 heterocycles. The third-order valence-corrected chi connectivity index (χ3v) is 5.01. The van der Waals surface area contributed by atoms with E-state index in [0.29, 0.717) is 33.0 Å². The summed E-state index contributed by atoms with van der Waals surface area (Å²) < 4.78 is 15.8. The van der Waals surface area contributed by atoms with Crippen molar-refractivity contribution in [3.8, 4) is 0 Å². The van der Waals surface area contributed by atoms with Gasteiger partial charge in [0.15, 0.2) is 0 Å². The second-order valence-electron chi connectivity index (χ2n) is 4.85. The molecule has 0 spiro atoms. The lowest BCUT2D eigenvalue weighted by atomic mass is 10.2. The molecule has 0 saturated heterocycles. The monoisotopic (exact) mass is 337 g/mol. The van der Waals surface area contributed by atoms with E-state index in [-0.39, 0.29) is 11.7 Å². The fraction of sp³-hybridized carbons (Fsp3) is 0.200. The van der Waals surface area contributed by atoms with Gasteiger partial charge < -0.3 is 9.88 Å². The SMILES string of the molecule is Cn1ccnc1CCNC(=O)c1sc2cc(F)ccc2c1Cl. The number of imidazole rings is 1. The van der Waals surface area contributed by atoms with Crippen LogP contribution < -0.4 is 5.32 Å². The Morgan fingerprint density at radius 3 is 3.05 bits per heavy atom. The van der Waals surface area contributed by atoms with Gasteiger partial charge in [-0.15, -0.1) is 11.3 Å². The summed E-state index contributed by atoms with van der Waals surface area (Å²) in [5.74, 6) is 0.304. The van der Waals surface area contributed by atoms with Crippen LogP contribution in [0.5, 0.6) is 0 Å². The third kappa shape index (κ3) is 2.84. The highest BCUT2D eigenvalue weighted by Gasteiger charge is 2.17. The Bertz CT molecular complexity index is 843. The number of carbonyl (C=O) groups excluding carboxylic acids is 1. The standard InChI is InChI=1S/C15H13ClFN3OS/c1-20-7-6-18-12(20)4-5-19-15(21)14-13(16)10-3-2-9(17)8-11(10)22-14/h2-3,6-8H,4-5H2,1H3,(H,19,21). The van der Waals surface area contributed by atoms with Crippen molar-refractivity contribution in [1.82, 2.24) is 14.9 Å². The van der Waals surface area contributed by atoms with Gasteiger partial charge in [0.25, 0.3) is 5.91 Å². The lowest BCUT2D eigenvalue weighted by Gasteiger charge is -2.04. The molecule has 0 aliphatic heterocycles. The summed E-state index contributed by atoms with van der Waals surface area (Å²) in [5, 5.41) is 3.89. The van der Waals surface area contributed by atoms with E-state index in [1.165, 1.54) is 23.5 Å². The first kappa shape index (κ1) is 15.0. The summed E-state index contributed by atoms with van der Waals surface area (Å²) in [4.78, 5) is 16.8. The molecule has 7 heteroatoms. The Balaban J connectivity index is 1.72. The van der Waals surface area contributed by atoms with E-state index in [1.54, 1.807) is 12.3 Å². The van der Waals surface area contributed by atoms with Gasteiger partial charge in [0.1, 0.15) is 16.5 Å². The molecule has 0 atom stereocenters. The molecular weight excluding hydrogens is 325 g/mol. The van der Waals surface area contributed by atoms with E-state index >= 15 is 0 Å². The largest absolute Gasteiger partial charge is 0.351 e. The Hall–Kier alpha value is -1.92. The van der Waals surface area contributed by atoms with E-state index < -0.39 is 0 Å². The number of nitrogens with zero attached hydrogens (tertiary/aromatic N) is 2. The average Bonchev–Trinajstić information content (AvgIpc) is 3.03. The fourth-order valence-electron chi connectivity index (χ4n) is 2.19. The van der Waals surface area contributed by atoms with E-state index in [0.717, 1.165) is 5.82 Å². The number of rotatable bonds is 4. The lowest BCUT2D eigenvalue weighted by molar-refractivity contribution is 0.0958. The topological polar surface area (TPSA) is 46.9 Å². The van der Waals surface area contributed by atoms with Crippen molar-refractivity contribution in [3.05, 3.63) is 52.1 Å². The molecule has 0 aliphatic rings. The van der Waals surface area contributed by atoms with Crippen molar-refractivity contribution >= 4 is 38.9 Å². The predicted molar refractivity (Wildman–Crippen MR) is 86.0 cm³/mol. The second kappa shape index (κ2) is 6.06. The molecule has 4 nitrogen and oxygen atoms in total. The zero-order chi connectivity index (χ0) is 15.7. The molecule has 3 aromatic rings. The van der Waals surface area contributed by atoms with Gasteiger partial charge in [0.05, 0.1) is 5.02 Å². The first-order valence-corrected chi connectivity index (χ1v) is 7.87. The average molecular weight is 338 g/mol. The summed E-state index contributed by atoms with van der Waals surface area (Å²) in [6.45, 7) is 0.461. The maximum absolute atomic E-state index is 13.2. The summed E-state index contributed by atoms with van der Waals surface area (Å²) in [6.07, 6.45) is 4.20. The van der Waals surface area contributed by atoms with Crippen molar-refractivity contribution in [1.29, 1.82) is 0 Å². The zero-order valence-corrected chi connectivity index (χ0v) is 13.3. The molecule has 1 amide bonds. The quantitative estimate of drug-likeness (QED) is 0.793. The van der Waals surface area contributed by atoms with Crippen LogP contribution in [0.15, 0.2) is 30.6 Å². The minimum absolute atomic E-state index is 0.249. The molecule has 2 aromatic heterocycles. The van der Waals surface area contributed by atoms with Crippen LogP contribution in [0.2, 0.25) is 5.02 Å². The van der Waals surface area contributed by atoms with Gasteiger partial charge in [0.2, 0.25) is 0 Å². The number of aromatic nitrogens is 2. The highest BCUT2D eigenvalue weighted by atomic mass is 35.5. The number of aryl methyl sites for hydroxylation is 1. The van der Waals surface area contributed by atoms with Gasteiger partial charge in [-0.3, -0.25) is 4.79 Å². The Labute approximate surface area is 135 Å². The number of hydrogen-bond donors (Lipinski definition) is 1. The number of fused-ring (bicyclic) bond motifs is 1. The molecule has 114 valence electrons. The van der Waals surface area contributed by atoms with Crippen LogP contribution in [0.25, 0.3) is 10.1 Å². The molecule has 0 aliphatic carbocycles. The highest BCUT2D eigenvalue weighted by Crippen LogP contribution is 2.35. The van der Waals surface area contributed by atoms with Crippen LogP contribution in [-0.2, 0) is 13.5 Å². The van der Waals surface area contributed by atoms with Crippen molar-refractivity contribution in [3.63, 3.8) is 0 Å². The van der Waals surface area contributed by atoms with Crippen LogP contribution in [0.4, 0.5) is 4.39 Å². The number of amides is 1. The van der Waals surface area contributed by atoms with Gasteiger partial charge in [-0.1, -0.05) is 11.6 Å². The highest BCUT2D eigenvalue weighted by molar-refractivity contribution is 7.21. The molecule has 1 N–H and O–H groups in total. The first-order valence-electron chi connectivity index (χ1n) is 6.68. The van der Waals surface area contributed by atoms with Gasteiger partial charge in [-0.05, 0) is 18.2 Å². The molecule has 0 unspecified atom stereocenters. The minimum Gasteiger partial charge on any atom is -0.351 e.